The quantitative estimate of drug-likeness (QED) is 0.758. The monoisotopic (exact) mass is 288 g/mol. The van der Waals surface area contributed by atoms with Crippen molar-refractivity contribution in [1.29, 1.82) is 0 Å². The molecule has 21 heavy (non-hydrogen) atoms. The number of carbonyl (C=O) groups excluding carboxylic acids is 2. The van der Waals surface area contributed by atoms with Gasteiger partial charge in [-0.15, -0.1) is 0 Å². The van der Waals surface area contributed by atoms with Crippen LogP contribution in [-0.2, 0) is 16.0 Å². The summed E-state index contributed by atoms with van der Waals surface area (Å²) in [7, 11) is 0. The lowest BCUT2D eigenvalue weighted by Crippen LogP contribution is -2.28. The normalized spacial score (nSPS) is 19.9. The predicted molar refractivity (Wildman–Crippen MR) is 84.0 cm³/mol. The van der Waals surface area contributed by atoms with Gasteiger partial charge in [-0.3, -0.25) is 9.59 Å². The van der Waals surface area contributed by atoms with Gasteiger partial charge in [0.15, 0.2) is 0 Å². The van der Waals surface area contributed by atoms with Crippen LogP contribution in [0.1, 0.15) is 38.7 Å². The molecule has 1 saturated carbocycles. The van der Waals surface area contributed by atoms with Crippen molar-refractivity contribution in [3.8, 4) is 0 Å². The lowest BCUT2D eigenvalue weighted by Gasteiger charge is -2.06. The van der Waals surface area contributed by atoms with Crippen molar-refractivity contribution in [1.82, 2.24) is 5.32 Å². The molecule has 0 spiro atoms. The Balaban J connectivity index is 1.78. The summed E-state index contributed by atoms with van der Waals surface area (Å²) in [6.07, 6.45) is 3.69. The second-order valence-corrected chi connectivity index (χ2v) is 5.63. The number of hydrogen-bond donors (Lipinski definition) is 2. The fourth-order valence-corrected chi connectivity index (χ4v) is 2.35. The van der Waals surface area contributed by atoms with Crippen LogP contribution < -0.4 is 10.6 Å². The Kier molecular flexibility index (Phi) is 5.37. The second kappa shape index (κ2) is 7.25. The van der Waals surface area contributed by atoms with Gasteiger partial charge in [0.1, 0.15) is 0 Å². The summed E-state index contributed by atoms with van der Waals surface area (Å²) in [6.45, 7) is 4.89. The van der Waals surface area contributed by atoms with Crippen LogP contribution in [0.2, 0.25) is 0 Å². The first-order valence-corrected chi connectivity index (χ1v) is 7.83. The van der Waals surface area contributed by atoms with Crippen molar-refractivity contribution in [2.45, 2.75) is 39.5 Å². The molecule has 1 aliphatic rings. The standard InChI is InChI=1S/C17H24N2O2/c1-3-5-10-18-16(20)14-11-15(14)17(21)19-13-8-6-12(4-2)7-9-13/h6-9,14-15H,3-5,10-11H2,1-2H3,(H,18,20)(H,19,21). The van der Waals surface area contributed by atoms with E-state index in [0.29, 0.717) is 13.0 Å². The zero-order chi connectivity index (χ0) is 15.2. The first kappa shape index (κ1) is 15.5. The Morgan fingerprint density at radius 2 is 1.76 bits per heavy atom. The van der Waals surface area contributed by atoms with Crippen LogP contribution >= 0.6 is 0 Å². The summed E-state index contributed by atoms with van der Waals surface area (Å²) in [6, 6.07) is 7.85. The number of aryl methyl sites for hydroxylation is 1. The van der Waals surface area contributed by atoms with Gasteiger partial charge in [-0.1, -0.05) is 32.4 Å². The van der Waals surface area contributed by atoms with Crippen molar-refractivity contribution in [2.75, 3.05) is 11.9 Å². The average molecular weight is 288 g/mol. The molecule has 2 rings (SSSR count). The third kappa shape index (κ3) is 4.31. The Hall–Kier alpha value is -1.84. The van der Waals surface area contributed by atoms with Crippen molar-refractivity contribution >= 4 is 17.5 Å². The predicted octanol–water partition coefficient (Wildman–Crippen LogP) is 2.74. The highest BCUT2D eigenvalue weighted by atomic mass is 16.2. The molecular formula is C17H24N2O2. The van der Waals surface area contributed by atoms with E-state index in [2.05, 4.69) is 24.5 Å². The summed E-state index contributed by atoms with van der Waals surface area (Å²) in [4.78, 5) is 23.9. The Morgan fingerprint density at radius 1 is 1.10 bits per heavy atom. The minimum Gasteiger partial charge on any atom is -0.356 e. The van der Waals surface area contributed by atoms with Crippen LogP contribution in [0.5, 0.6) is 0 Å². The van der Waals surface area contributed by atoms with E-state index in [0.717, 1.165) is 24.9 Å². The summed E-state index contributed by atoms with van der Waals surface area (Å²) < 4.78 is 0. The van der Waals surface area contributed by atoms with E-state index in [-0.39, 0.29) is 23.7 Å². The minimum atomic E-state index is -0.169. The van der Waals surface area contributed by atoms with Crippen LogP contribution in [0.15, 0.2) is 24.3 Å². The smallest absolute Gasteiger partial charge is 0.228 e. The van der Waals surface area contributed by atoms with Crippen LogP contribution in [0.4, 0.5) is 5.69 Å². The average Bonchev–Trinajstić information content (AvgIpc) is 3.29. The van der Waals surface area contributed by atoms with E-state index in [1.165, 1.54) is 5.56 Å². The van der Waals surface area contributed by atoms with Crippen molar-refractivity contribution < 1.29 is 9.59 Å². The third-order valence-corrected chi connectivity index (χ3v) is 3.92. The van der Waals surface area contributed by atoms with Gasteiger partial charge >= 0.3 is 0 Å². The van der Waals surface area contributed by atoms with E-state index in [9.17, 15) is 9.59 Å². The Morgan fingerprint density at radius 3 is 2.38 bits per heavy atom. The highest BCUT2D eigenvalue weighted by Crippen LogP contribution is 2.39. The second-order valence-electron chi connectivity index (χ2n) is 5.63. The molecule has 2 unspecified atom stereocenters. The number of anilines is 1. The molecule has 0 aromatic heterocycles. The van der Waals surface area contributed by atoms with Crippen LogP contribution in [0.3, 0.4) is 0 Å². The van der Waals surface area contributed by atoms with E-state index in [4.69, 9.17) is 0 Å². The lowest BCUT2D eigenvalue weighted by molar-refractivity contribution is -0.125. The molecule has 2 atom stereocenters. The van der Waals surface area contributed by atoms with Crippen molar-refractivity contribution in [3.05, 3.63) is 29.8 Å². The van der Waals surface area contributed by atoms with E-state index < -0.39 is 0 Å². The zero-order valence-corrected chi connectivity index (χ0v) is 12.8. The topological polar surface area (TPSA) is 58.2 Å². The summed E-state index contributed by atoms with van der Waals surface area (Å²) in [5.74, 6) is -0.339. The fourth-order valence-electron chi connectivity index (χ4n) is 2.35. The number of unbranched alkanes of at least 4 members (excludes halogenated alkanes) is 1. The van der Waals surface area contributed by atoms with Gasteiger partial charge in [-0.2, -0.15) is 0 Å². The Bertz CT molecular complexity index is 496. The number of amides is 2. The molecule has 2 amide bonds. The zero-order valence-electron chi connectivity index (χ0n) is 12.8. The number of hydrogen-bond acceptors (Lipinski definition) is 2. The number of carbonyl (C=O) groups is 2. The van der Waals surface area contributed by atoms with Gasteiger partial charge in [-0.25, -0.2) is 0 Å². The maximum atomic E-state index is 12.1. The highest BCUT2D eigenvalue weighted by Gasteiger charge is 2.47. The fraction of sp³-hybridized carbons (Fsp3) is 0.529. The molecule has 1 aliphatic carbocycles. The van der Waals surface area contributed by atoms with Gasteiger partial charge in [0, 0.05) is 12.2 Å². The number of benzene rings is 1. The van der Waals surface area contributed by atoms with E-state index in [1.54, 1.807) is 0 Å². The molecular weight excluding hydrogens is 264 g/mol. The molecule has 4 nitrogen and oxygen atoms in total. The molecule has 1 aromatic rings. The third-order valence-electron chi connectivity index (χ3n) is 3.92. The number of nitrogens with one attached hydrogen (secondary N) is 2. The molecule has 1 fully saturated rings. The molecule has 0 bridgehead atoms. The summed E-state index contributed by atoms with van der Waals surface area (Å²) >= 11 is 0. The van der Waals surface area contributed by atoms with Crippen molar-refractivity contribution in [3.63, 3.8) is 0 Å². The molecule has 114 valence electrons. The molecule has 0 radical (unpaired) electrons. The first-order chi connectivity index (χ1) is 10.2. The van der Waals surface area contributed by atoms with Gasteiger partial charge in [0.25, 0.3) is 0 Å². The molecule has 2 N–H and O–H groups in total. The van der Waals surface area contributed by atoms with Crippen LogP contribution in [0.25, 0.3) is 0 Å². The summed E-state index contributed by atoms with van der Waals surface area (Å²) in [5, 5.41) is 5.78. The Labute approximate surface area is 126 Å². The number of rotatable bonds is 7. The SMILES string of the molecule is CCCCNC(=O)C1CC1C(=O)Nc1ccc(CC)cc1. The van der Waals surface area contributed by atoms with E-state index >= 15 is 0 Å². The molecule has 0 aliphatic heterocycles. The van der Waals surface area contributed by atoms with Gasteiger partial charge in [0.2, 0.25) is 11.8 Å². The van der Waals surface area contributed by atoms with E-state index in [1.807, 2.05) is 24.3 Å². The molecule has 0 saturated heterocycles. The largest absolute Gasteiger partial charge is 0.356 e. The minimum absolute atomic E-state index is 0.0185. The van der Waals surface area contributed by atoms with Gasteiger partial charge in [-0.05, 0) is 37.0 Å². The molecule has 1 aromatic carbocycles. The van der Waals surface area contributed by atoms with Crippen LogP contribution in [0, 0.1) is 11.8 Å². The highest BCUT2D eigenvalue weighted by molar-refractivity contribution is 5.99. The van der Waals surface area contributed by atoms with Gasteiger partial charge < -0.3 is 10.6 Å². The summed E-state index contributed by atoms with van der Waals surface area (Å²) in [5.41, 5.74) is 2.04. The molecule has 0 heterocycles. The molecule has 4 heteroatoms. The van der Waals surface area contributed by atoms with Gasteiger partial charge in [0.05, 0.1) is 11.8 Å². The maximum Gasteiger partial charge on any atom is 0.228 e. The lowest BCUT2D eigenvalue weighted by atomic mass is 10.1. The van der Waals surface area contributed by atoms with Crippen molar-refractivity contribution in [2.24, 2.45) is 11.8 Å². The van der Waals surface area contributed by atoms with Crippen LogP contribution in [-0.4, -0.2) is 18.4 Å². The maximum absolute atomic E-state index is 12.1. The first-order valence-electron chi connectivity index (χ1n) is 7.83.